The maximum atomic E-state index is 12.6. The number of aromatic nitrogens is 3. The predicted molar refractivity (Wildman–Crippen MR) is 92.4 cm³/mol. The molecule has 0 N–H and O–H groups in total. The van der Waals surface area contributed by atoms with Crippen LogP contribution >= 0.6 is 11.3 Å². The van der Waals surface area contributed by atoms with Gasteiger partial charge in [0.25, 0.3) is 5.91 Å². The molecule has 2 aromatic rings. The quantitative estimate of drug-likeness (QED) is 0.841. The van der Waals surface area contributed by atoms with Gasteiger partial charge in [-0.2, -0.15) is 0 Å². The normalized spacial score (nSPS) is 16.0. The fourth-order valence-corrected chi connectivity index (χ4v) is 3.36. The highest BCUT2D eigenvalue weighted by Crippen LogP contribution is 2.23. The Morgan fingerprint density at radius 3 is 2.58 bits per heavy atom. The fourth-order valence-electron chi connectivity index (χ4n) is 2.47. The number of anilines is 1. The van der Waals surface area contributed by atoms with Gasteiger partial charge in [0, 0.05) is 43.6 Å². The lowest BCUT2D eigenvalue weighted by Crippen LogP contribution is -2.37. The van der Waals surface area contributed by atoms with Crippen LogP contribution in [-0.2, 0) is 4.74 Å². The van der Waals surface area contributed by atoms with Gasteiger partial charge in [0.15, 0.2) is 0 Å². The number of ether oxygens (including phenoxy) is 1. The van der Waals surface area contributed by atoms with Gasteiger partial charge in [-0.15, -0.1) is 11.3 Å². The summed E-state index contributed by atoms with van der Waals surface area (Å²) in [4.78, 5) is 29.5. The molecule has 0 spiro atoms. The van der Waals surface area contributed by atoms with Crippen molar-refractivity contribution >= 4 is 23.2 Å². The first kappa shape index (κ1) is 16.8. The van der Waals surface area contributed by atoms with Crippen molar-refractivity contribution in [1.29, 1.82) is 0 Å². The van der Waals surface area contributed by atoms with E-state index in [0.717, 1.165) is 23.8 Å². The largest absolute Gasteiger partial charge is 0.378 e. The number of aryl methyl sites for hydroxylation is 1. The van der Waals surface area contributed by atoms with Crippen LogP contribution in [0.25, 0.3) is 0 Å². The molecule has 7 nitrogen and oxygen atoms in total. The Balaban J connectivity index is 1.69. The van der Waals surface area contributed by atoms with Gasteiger partial charge in [0.1, 0.15) is 5.01 Å². The van der Waals surface area contributed by atoms with E-state index in [9.17, 15) is 4.79 Å². The van der Waals surface area contributed by atoms with E-state index in [0.29, 0.717) is 24.7 Å². The minimum absolute atomic E-state index is 0.0879. The molecule has 1 aliphatic rings. The molecule has 2 aromatic heterocycles. The van der Waals surface area contributed by atoms with Crippen LogP contribution in [0.15, 0.2) is 17.8 Å². The first-order valence-electron chi connectivity index (χ1n) is 7.90. The second kappa shape index (κ2) is 7.23. The number of rotatable bonds is 4. The summed E-state index contributed by atoms with van der Waals surface area (Å²) in [6, 6.07) is -0.0879. The monoisotopic (exact) mass is 347 g/mol. The molecule has 3 heterocycles. The zero-order valence-corrected chi connectivity index (χ0v) is 14.9. The maximum Gasteiger partial charge on any atom is 0.257 e. The molecule has 1 saturated heterocycles. The summed E-state index contributed by atoms with van der Waals surface area (Å²) in [5.41, 5.74) is 1.45. The fraction of sp³-hybridized carbons (Fsp3) is 0.500. The van der Waals surface area contributed by atoms with Gasteiger partial charge in [0.2, 0.25) is 5.95 Å². The van der Waals surface area contributed by atoms with Crippen molar-refractivity contribution < 1.29 is 9.53 Å². The third-order valence-corrected chi connectivity index (χ3v) is 5.21. The molecule has 128 valence electrons. The van der Waals surface area contributed by atoms with Crippen LogP contribution in [-0.4, -0.2) is 59.1 Å². The lowest BCUT2D eigenvalue weighted by molar-refractivity contribution is 0.0741. The second-order valence-corrected chi connectivity index (χ2v) is 6.68. The van der Waals surface area contributed by atoms with Gasteiger partial charge in [-0.1, -0.05) is 0 Å². The van der Waals surface area contributed by atoms with Crippen molar-refractivity contribution in [2.75, 3.05) is 38.3 Å². The van der Waals surface area contributed by atoms with Gasteiger partial charge in [0.05, 0.1) is 24.8 Å². The van der Waals surface area contributed by atoms with Crippen molar-refractivity contribution in [1.82, 2.24) is 19.9 Å². The van der Waals surface area contributed by atoms with E-state index in [1.807, 2.05) is 19.2 Å². The van der Waals surface area contributed by atoms with Crippen molar-refractivity contribution in [3.05, 3.63) is 34.0 Å². The molecule has 0 saturated carbocycles. The SMILES string of the molecule is Cc1csc(C(C)N(C)C(=O)c2cnc(N3CCOCC3)nc2)n1. The molecule has 1 aliphatic heterocycles. The lowest BCUT2D eigenvalue weighted by Gasteiger charge is -2.27. The van der Waals surface area contributed by atoms with Crippen molar-refractivity contribution in [3.8, 4) is 0 Å². The maximum absolute atomic E-state index is 12.6. The number of thiazole rings is 1. The van der Waals surface area contributed by atoms with E-state index in [4.69, 9.17) is 4.74 Å². The Morgan fingerprint density at radius 2 is 2.00 bits per heavy atom. The molecule has 1 amide bonds. The van der Waals surface area contributed by atoms with E-state index >= 15 is 0 Å². The molecule has 1 unspecified atom stereocenters. The topological polar surface area (TPSA) is 71.5 Å². The molecular formula is C16H21N5O2S. The zero-order valence-electron chi connectivity index (χ0n) is 14.1. The number of morpholine rings is 1. The zero-order chi connectivity index (χ0) is 17.1. The smallest absolute Gasteiger partial charge is 0.257 e. The molecule has 3 rings (SSSR count). The Bertz CT molecular complexity index is 697. The highest BCUT2D eigenvalue weighted by Gasteiger charge is 2.22. The summed E-state index contributed by atoms with van der Waals surface area (Å²) in [7, 11) is 1.78. The van der Waals surface area contributed by atoms with Crippen LogP contribution in [0.2, 0.25) is 0 Å². The van der Waals surface area contributed by atoms with Gasteiger partial charge < -0.3 is 14.5 Å². The van der Waals surface area contributed by atoms with E-state index in [1.165, 1.54) is 0 Å². The Kier molecular flexibility index (Phi) is 5.06. The molecular weight excluding hydrogens is 326 g/mol. The summed E-state index contributed by atoms with van der Waals surface area (Å²) in [5.74, 6) is 0.532. The first-order chi connectivity index (χ1) is 11.6. The lowest BCUT2D eigenvalue weighted by atomic mass is 10.2. The van der Waals surface area contributed by atoms with Gasteiger partial charge in [-0.25, -0.2) is 15.0 Å². The van der Waals surface area contributed by atoms with Gasteiger partial charge in [-0.3, -0.25) is 4.79 Å². The van der Waals surface area contributed by atoms with Crippen LogP contribution in [0.4, 0.5) is 5.95 Å². The number of hydrogen-bond donors (Lipinski definition) is 0. The third-order valence-electron chi connectivity index (χ3n) is 4.07. The number of hydrogen-bond acceptors (Lipinski definition) is 7. The molecule has 8 heteroatoms. The molecule has 24 heavy (non-hydrogen) atoms. The van der Waals surface area contributed by atoms with Crippen LogP contribution in [0, 0.1) is 6.92 Å². The van der Waals surface area contributed by atoms with E-state index in [-0.39, 0.29) is 11.9 Å². The Morgan fingerprint density at radius 1 is 1.33 bits per heavy atom. The van der Waals surface area contributed by atoms with Gasteiger partial charge >= 0.3 is 0 Å². The highest BCUT2D eigenvalue weighted by molar-refractivity contribution is 7.09. The van der Waals surface area contributed by atoms with Crippen LogP contribution in [0.5, 0.6) is 0 Å². The number of carbonyl (C=O) groups excluding carboxylic acids is 1. The molecule has 1 fully saturated rings. The van der Waals surface area contributed by atoms with Gasteiger partial charge in [-0.05, 0) is 13.8 Å². The predicted octanol–water partition coefficient (Wildman–Crippen LogP) is 1.91. The summed E-state index contributed by atoms with van der Waals surface area (Å²) >= 11 is 1.57. The van der Waals surface area contributed by atoms with Crippen LogP contribution < -0.4 is 4.90 Å². The Labute approximate surface area is 145 Å². The Hall–Kier alpha value is -2.06. The van der Waals surface area contributed by atoms with Crippen molar-refractivity contribution in [2.24, 2.45) is 0 Å². The molecule has 1 atom stereocenters. The molecule has 0 aromatic carbocycles. The summed E-state index contributed by atoms with van der Waals surface area (Å²) in [6.07, 6.45) is 3.19. The average Bonchev–Trinajstić information content (AvgIpc) is 3.07. The molecule has 0 radical (unpaired) electrons. The minimum atomic E-state index is -0.108. The average molecular weight is 347 g/mol. The molecule has 0 bridgehead atoms. The summed E-state index contributed by atoms with van der Waals surface area (Å²) in [6.45, 7) is 6.82. The summed E-state index contributed by atoms with van der Waals surface area (Å²) < 4.78 is 5.32. The van der Waals surface area contributed by atoms with Crippen LogP contribution in [0.3, 0.4) is 0 Å². The number of nitrogens with zero attached hydrogens (tertiary/aromatic N) is 5. The van der Waals surface area contributed by atoms with Crippen molar-refractivity contribution in [2.45, 2.75) is 19.9 Å². The second-order valence-electron chi connectivity index (χ2n) is 5.79. The number of amides is 1. The standard InChI is InChI=1S/C16H21N5O2S/c1-11-10-24-14(19-11)12(2)20(3)15(22)13-8-17-16(18-9-13)21-4-6-23-7-5-21/h8-10,12H,4-7H2,1-3H3. The van der Waals surface area contributed by atoms with E-state index in [1.54, 1.807) is 35.7 Å². The minimum Gasteiger partial charge on any atom is -0.378 e. The number of carbonyl (C=O) groups is 1. The van der Waals surface area contributed by atoms with E-state index in [2.05, 4.69) is 19.9 Å². The van der Waals surface area contributed by atoms with E-state index < -0.39 is 0 Å². The highest BCUT2D eigenvalue weighted by atomic mass is 32.1. The van der Waals surface area contributed by atoms with Crippen LogP contribution in [0.1, 0.15) is 34.0 Å². The third kappa shape index (κ3) is 3.54. The summed E-state index contributed by atoms with van der Waals surface area (Å²) in [5, 5.41) is 2.92. The molecule has 0 aliphatic carbocycles. The van der Waals surface area contributed by atoms with Crippen molar-refractivity contribution in [3.63, 3.8) is 0 Å². The first-order valence-corrected chi connectivity index (χ1v) is 8.78.